The van der Waals surface area contributed by atoms with Crippen LogP contribution in [0.1, 0.15) is 18.9 Å². The molecule has 3 N–H and O–H groups in total. The van der Waals surface area contributed by atoms with Crippen LogP contribution in [0, 0.1) is 0 Å². The minimum Gasteiger partial charge on any atom is -0.508 e. The Kier molecular flexibility index (Phi) is 3.34. The molecule has 0 fully saturated rings. The highest BCUT2D eigenvalue weighted by Gasteiger charge is 2.15. The molecule has 1 aromatic carbocycles. The average Bonchev–Trinajstić information content (AvgIpc) is 2.08. The van der Waals surface area contributed by atoms with E-state index in [1.807, 2.05) is 6.92 Å². The summed E-state index contributed by atoms with van der Waals surface area (Å²) in [6.45, 7) is 2.04. The van der Waals surface area contributed by atoms with Crippen LogP contribution in [0.25, 0.3) is 0 Å². The van der Waals surface area contributed by atoms with Gasteiger partial charge in [0.05, 0.1) is 0 Å². The van der Waals surface area contributed by atoms with Gasteiger partial charge in [0.15, 0.2) is 0 Å². The van der Waals surface area contributed by atoms with Crippen LogP contribution in [0.2, 0.25) is 0 Å². The van der Waals surface area contributed by atoms with Crippen LogP contribution in [-0.4, -0.2) is 22.3 Å². The summed E-state index contributed by atoms with van der Waals surface area (Å²) in [6.07, 6.45) is 1.87. The van der Waals surface area contributed by atoms with Crippen LogP contribution in [0.5, 0.6) is 5.75 Å². The largest absolute Gasteiger partial charge is 0.508 e. The number of aromatic hydroxyl groups is 1. The molecule has 0 aromatic heterocycles. The molecule has 70 valence electrons. The van der Waals surface area contributed by atoms with Crippen LogP contribution in [0.15, 0.2) is 18.2 Å². The molecule has 0 radical (unpaired) electrons. The highest BCUT2D eigenvalue weighted by atomic mass is 16.4. The average molecular weight is 180 g/mol. The fourth-order valence-electron chi connectivity index (χ4n) is 1.25. The van der Waals surface area contributed by atoms with Crippen molar-refractivity contribution in [2.45, 2.75) is 19.8 Å². The standard InChI is InChI=1S/C9H13BO3/c1-2-3-7-4-5-9(11)8(6-7)10(12)13/h4-6,11-13H,2-3H2,1H3. The molecule has 1 rings (SSSR count). The van der Waals surface area contributed by atoms with Gasteiger partial charge in [-0.1, -0.05) is 25.5 Å². The molecule has 0 bridgehead atoms. The molecule has 1 aromatic rings. The molecule has 0 heterocycles. The van der Waals surface area contributed by atoms with Gasteiger partial charge in [-0.05, 0) is 18.1 Å². The third-order valence-electron chi connectivity index (χ3n) is 1.91. The van der Waals surface area contributed by atoms with Crippen molar-refractivity contribution in [1.29, 1.82) is 0 Å². The topological polar surface area (TPSA) is 60.7 Å². The zero-order chi connectivity index (χ0) is 9.84. The van der Waals surface area contributed by atoms with Crippen LogP contribution >= 0.6 is 0 Å². The number of hydrogen-bond donors (Lipinski definition) is 3. The van der Waals surface area contributed by atoms with Gasteiger partial charge in [-0.2, -0.15) is 0 Å². The minimum absolute atomic E-state index is 0.0742. The molecule has 0 saturated carbocycles. The number of benzene rings is 1. The second kappa shape index (κ2) is 4.30. The number of phenolic OH excluding ortho intramolecular Hbond substituents is 1. The highest BCUT2D eigenvalue weighted by Crippen LogP contribution is 2.09. The molecule has 0 saturated heterocycles. The first-order valence-electron chi connectivity index (χ1n) is 4.33. The van der Waals surface area contributed by atoms with Gasteiger partial charge in [0, 0.05) is 5.46 Å². The molecule has 4 heteroatoms. The molecule has 0 spiro atoms. The summed E-state index contributed by atoms with van der Waals surface area (Å²) < 4.78 is 0. The lowest BCUT2D eigenvalue weighted by atomic mass is 9.78. The molecule has 0 atom stereocenters. The maximum atomic E-state index is 9.25. The summed E-state index contributed by atoms with van der Waals surface area (Å²) in [4.78, 5) is 0. The molecule has 0 aliphatic rings. The normalized spacial score (nSPS) is 10.1. The van der Waals surface area contributed by atoms with E-state index < -0.39 is 7.12 Å². The predicted octanol–water partition coefficient (Wildman–Crippen LogP) is 0.0245. The van der Waals surface area contributed by atoms with Crippen molar-refractivity contribution in [1.82, 2.24) is 0 Å². The Morgan fingerprint density at radius 1 is 1.31 bits per heavy atom. The van der Waals surface area contributed by atoms with E-state index in [9.17, 15) is 5.11 Å². The predicted molar refractivity (Wildman–Crippen MR) is 51.9 cm³/mol. The van der Waals surface area contributed by atoms with E-state index in [0.29, 0.717) is 0 Å². The van der Waals surface area contributed by atoms with E-state index in [1.54, 1.807) is 12.1 Å². The lowest BCUT2D eigenvalue weighted by molar-refractivity contribution is 0.419. The maximum Gasteiger partial charge on any atom is 0.492 e. The van der Waals surface area contributed by atoms with Gasteiger partial charge in [-0.3, -0.25) is 0 Å². The molecular formula is C9H13BO3. The highest BCUT2D eigenvalue weighted by molar-refractivity contribution is 6.59. The SMILES string of the molecule is CCCc1ccc(O)c(B(O)O)c1. The fraction of sp³-hybridized carbons (Fsp3) is 0.333. The Labute approximate surface area is 77.8 Å². The molecule has 13 heavy (non-hydrogen) atoms. The monoisotopic (exact) mass is 180 g/mol. The van der Waals surface area contributed by atoms with Crippen molar-refractivity contribution >= 4 is 12.6 Å². The molecule has 0 amide bonds. The van der Waals surface area contributed by atoms with Gasteiger partial charge in [-0.25, -0.2) is 0 Å². The summed E-state index contributed by atoms with van der Waals surface area (Å²) in [5, 5.41) is 27.0. The van der Waals surface area contributed by atoms with Crippen molar-refractivity contribution in [3.63, 3.8) is 0 Å². The van der Waals surface area contributed by atoms with Gasteiger partial charge < -0.3 is 15.2 Å². The quantitative estimate of drug-likeness (QED) is 0.575. The maximum absolute atomic E-state index is 9.25. The van der Waals surface area contributed by atoms with Crippen LogP contribution in [0.3, 0.4) is 0 Å². The summed E-state index contributed by atoms with van der Waals surface area (Å²) in [6, 6.07) is 4.88. The summed E-state index contributed by atoms with van der Waals surface area (Å²) in [5.74, 6) is -0.0742. The number of aryl methyl sites for hydroxylation is 1. The van der Waals surface area contributed by atoms with E-state index in [-0.39, 0.29) is 11.2 Å². The Hall–Kier alpha value is -0.995. The minimum atomic E-state index is -1.60. The smallest absolute Gasteiger partial charge is 0.492 e. The zero-order valence-corrected chi connectivity index (χ0v) is 7.57. The number of hydrogen-bond acceptors (Lipinski definition) is 3. The van der Waals surface area contributed by atoms with Crippen LogP contribution in [0.4, 0.5) is 0 Å². The Morgan fingerprint density at radius 2 is 2.00 bits per heavy atom. The van der Waals surface area contributed by atoms with Crippen molar-refractivity contribution in [2.24, 2.45) is 0 Å². The molecule has 0 unspecified atom stereocenters. The first-order chi connectivity index (χ1) is 6.15. The van der Waals surface area contributed by atoms with E-state index in [2.05, 4.69) is 0 Å². The Bertz CT molecular complexity index is 286. The third kappa shape index (κ3) is 2.47. The summed E-state index contributed by atoms with van der Waals surface area (Å²) in [7, 11) is -1.60. The van der Waals surface area contributed by atoms with E-state index in [0.717, 1.165) is 18.4 Å². The van der Waals surface area contributed by atoms with E-state index in [1.165, 1.54) is 6.07 Å². The van der Waals surface area contributed by atoms with Crippen LogP contribution < -0.4 is 5.46 Å². The third-order valence-corrected chi connectivity index (χ3v) is 1.91. The molecule has 0 aliphatic carbocycles. The van der Waals surface area contributed by atoms with E-state index in [4.69, 9.17) is 10.0 Å². The summed E-state index contributed by atoms with van der Waals surface area (Å²) >= 11 is 0. The second-order valence-corrected chi connectivity index (χ2v) is 3.02. The van der Waals surface area contributed by atoms with Gasteiger partial charge in [-0.15, -0.1) is 0 Å². The molecule has 3 nitrogen and oxygen atoms in total. The van der Waals surface area contributed by atoms with E-state index >= 15 is 0 Å². The Morgan fingerprint density at radius 3 is 2.54 bits per heavy atom. The van der Waals surface area contributed by atoms with Crippen molar-refractivity contribution in [3.8, 4) is 5.75 Å². The van der Waals surface area contributed by atoms with Crippen molar-refractivity contribution in [3.05, 3.63) is 23.8 Å². The second-order valence-electron chi connectivity index (χ2n) is 3.02. The first kappa shape index (κ1) is 10.1. The summed E-state index contributed by atoms with van der Waals surface area (Å²) in [5.41, 5.74) is 1.18. The molecule has 0 aliphatic heterocycles. The van der Waals surface area contributed by atoms with Gasteiger partial charge in [0.25, 0.3) is 0 Å². The number of rotatable bonds is 3. The lowest BCUT2D eigenvalue weighted by Gasteiger charge is -2.05. The fourth-order valence-corrected chi connectivity index (χ4v) is 1.25. The van der Waals surface area contributed by atoms with Gasteiger partial charge in [0.2, 0.25) is 0 Å². The Balaban J connectivity index is 2.97. The van der Waals surface area contributed by atoms with Crippen LogP contribution in [-0.2, 0) is 6.42 Å². The van der Waals surface area contributed by atoms with Crippen molar-refractivity contribution < 1.29 is 15.2 Å². The van der Waals surface area contributed by atoms with Gasteiger partial charge in [0.1, 0.15) is 5.75 Å². The first-order valence-corrected chi connectivity index (χ1v) is 4.33. The van der Waals surface area contributed by atoms with Crippen molar-refractivity contribution in [2.75, 3.05) is 0 Å². The molecular weight excluding hydrogens is 167 g/mol. The zero-order valence-electron chi connectivity index (χ0n) is 7.57. The number of phenols is 1. The van der Waals surface area contributed by atoms with Gasteiger partial charge >= 0.3 is 7.12 Å². The lowest BCUT2D eigenvalue weighted by Crippen LogP contribution is -2.30.